The number of carbonyl (C=O) groups excluding carboxylic acids is 1. The van der Waals surface area contributed by atoms with Crippen molar-refractivity contribution in [1.82, 2.24) is 19.8 Å². The molecule has 2 atom stereocenters. The molecule has 1 aliphatic rings. The Hall–Kier alpha value is -4.49. The van der Waals surface area contributed by atoms with Crippen LogP contribution in [0.25, 0.3) is 16.5 Å². The van der Waals surface area contributed by atoms with Crippen LogP contribution in [0, 0.1) is 20.8 Å². The number of amides is 1. The van der Waals surface area contributed by atoms with Crippen LogP contribution < -0.4 is 10.6 Å². The van der Waals surface area contributed by atoms with E-state index in [0.29, 0.717) is 18.1 Å². The summed E-state index contributed by atoms with van der Waals surface area (Å²) in [6.45, 7) is 6.79. The van der Waals surface area contributed by atoms with E-state index in [1.165, 1.54) is 10.8 Å². The standard InChI is InChI=1S/C34H33N5OS/c1-22-11-4-7-15-28(22)36-31(40)18-20-38-33(32(37-34(38)41)29-16-8-9-19-35-29)27-21-23(2)39(24(27)3)30-17-10-13-25-12-5-6-14-26(25)30/h4-17,19,21,32-33H,18,20H2,1-3H3,(H,36,40)(H,37,41)/t32-,33-/m0/s1. The molecule has 0 unspecified atom stereocenters. The van der Waals surface area contributed by atoms with Gasteiger partial charge in [-0.1, -0.05) is 60.7 Å². The Bertz CT molecular complexity index is 1740. The van der Waals surface area contributed by atoms with E-state index in [0.717, 1.165) is 39.6 Å². The molecule has 7 heteroatoms. The quantitative estimate of drug-likeness (QED) is 0.211. The van der Waals surface area contributed by atoms with Crippen LogP contribution in [0.5, 0.6) is 0 Å². The Morgan fingerprint density at radius 3 is 2.51 bits per heavy atom. The molecule has 0 saturated carbocycles. The second-order valence-corrected chi connectivity index (χ2v) is 11.0. The first-order valence-electron chi connectivity index (χ1n) is 13.9. The lowest BCUT2D eigenvalue weighted by Crippen LogP contribution is -2.33. The van der Waals surface area contributed by atoms with E-state index in [1.54, 1.807) is 0 Å². The Balaban J connectivity index is 1.37. The Morgan fingerprint density at radius 1 is 0.951 bits per heavy atom. The second kappa shape index (κ2) is 11.2. The van der Waals surface area contributed by atoms with Crippen LogP contribution in [0.1, 0.15) is 46.7 Å². The van der Waals surface area contributed by atoms with Gasteiger partial charge < -0.3 is 20.1 Å². The maximum atomic E-state index is 13.0. The van der Waals surface area contributed by atoms with Gasteiger partial charge in [-0.15, -0.1) is 0 Å². The number of benzene rings is 3. The normalized spacial score (nSPS) is 16.7. The maximum Gasteiger partial charge on any atom is 0.226 e. The first-order chi connectivity index (χ1) is 19.9. The van der Waals surface area contributed by atoms with Crippen molar-refractivity contribution in [1.29, 1.82) is 0 Å². The highest BCUT2D eigenvalue weighted by atomic mass is 32.1. The summed E-state index contributed by atoms with van der Waals surface area (Å²) in [7, 11) is 0. The molecule has 1 saturated heterocycles. The molecule has 5 aromatic rings. The van der Waals surface area contributed by atoms with Gasteiger partial charge in [-0.05, 0) is 79.8 Å². The van der Waals surface area contributed by atoms with Crippen molar-refractivity contribution in [2.75, 3.05) is 11.9 Å². The number of aryl methyl sites for hydroxylation is 2. The van der Waals surface area contributed by atoms with E-state index in [1.807, 2.05) is 55.6 Å². The summed E-state index contributed by atoms with van der Waals surface area (Å²) in [6, 6.07) is 30.7. The number of rotatable bonds is 7. The third-order valence-corrected chi connectivity index (χ3v) is 8.35. The van der Waals surface area contributed by atoms with Crippen molar-refractivity contribution in [2.24, 2.45) is 0 Å². The van der Waals surface area contributed by atoms with Crippen LogP contribution in [0.2, 0.25) is 0 Å². The van der Waals surface area contributed by atoms with Crippen molar-refractivity contribution in [2.45, 2.75) is 39.3 Å². The highest BCUT2D eigenvalue weighted by molar-refractivity contribution is 7.80. The van der Waals surface area contributed by atoms with Gasteiger partial charge in [-0.2, -0.15) is 0 Å². The number of anilines is 1. The fourth-order valence-corrected chi connectivity index (χ4v) is 6.33. The van der Waals surface area contributed by atoms with Gasteiger partial charge in [0.15, 0.2) is 5.11 Å². The number of carbonyl (C=O) groups is 1. The van der Waals surface area contributed by atoms with E-state index in [4.69, 9.17) is 12.2 Å². The average molecular weight is 560 g/mol. The van der Waals surface area contributed by atoms with Crippen molar-refractivity contribution >= 4 is 39.7 Å². The van der Waals surface area contributed by atoms with Gasteiger partial charge in [0.2, 0.25) is 5.91 Å². The Morgan fingerprint density at radius 2 is 1.71 bits per heavy atom. The molecular weight excluding hydrogens is 526 g/mol. The minimum absolute atomic E-state index is 0.0386. The van der Waals surface area contributed by atoms with Crippen LogP contribution in [-0.4, -0.2) is 32.0 Å². The third-order valence-electron chi connectivity index (χ3n) is 7.99. The molecule has 2 N–H and O–H groups in total. The number of hydrogen-bond donors (Lipinski definition) is 2. The molecule has 6 rings (SSSR count). The third kappa shape index (κ3) is 5.09. The number of pyridine rings is 1. The summed E-state index contributed by atoms with van der Waals surface area (Å²) >= 11 is 5.89. The van der Waals surface area contributed by atoms with Crippen molar-refractivity contribution in [3.63, 3.8) is 0 Å². The van der Waals surface area contributed by atoms with Crippen LogP contribution in [0.15, 0.2) is 97.2 Å². The zero-order chi connectivity index (χ0) is 28.5. The SMILES string of the molecule is Cc1ccccc1NC(=O)CCN1C(=S)N[C@@H](c2ccccn2)[C@@H]1c1cc(C)n(-c2cccc3ccccc23)c1C. The molecule has 1 fully saturated rings. The topological polar surface area (TPSA) is 62.2 Å². The van der Waals surface area contributed by atoms with Crippen LogP contribution in [0.4, 0.5) is 5.69 Å². The minimum Gasteiger partial charge on any atom is -0.352 e. The Kier molecular flexibility index (Phi) is 7.28. The van der Waals surface area contributed by atoms with Crippen molar-refractivity contribution in [3.05, 3.63) is 125 Å². The van der Waals surface area contributed by atoms with Gasteiger partial charge in [-0.25, -0.2) is 0 Å². The summed E-state index contributed by atoms with van der Waals surface area (Å²) in [5, 5.41) is 9.63. The van der Waals surface area contributed by atoms with E-state index in [-0.39, 0.29) is 18.0 Å². The number of nitrogens with zero attached hydrogens (tertiary/aromatic N) is 3. The number of hydrogen-bond acceptors (Lipinski definition) is 3. The predicted octanol–water partition coefficient (Wildman–Crippen LogP) is 6.95. The summed E-state index contributed by atoms with van der Waals surface area (Å²) in [6.07, 6.45) is 2.12. The van der Waals surface area contributed by atoms with Gasteiger partial charge in [-0.3, -0.25) is 9.78 Å². The van der Waals surface area contributed by atoms with Gasteiger partial charge in [0, 0.05) is 41.6 Å². The summed E-state index contributed by atoms with van der Waals surface area (Å²) in [5.74, 6) is -0.0386. The van der Waals surface area contributed by atoms with Gasteiger partial charge >= 0.3 is 0 Å². The molecule has 0 radical (unpaired) electrons. The number of aromatic nitrogens is 2. The van der Waals surface area contributed by atoms with E-state index >= 15 is 0 Å². The molecule has 0 bridgehead atoms. The molecule has 0 aliphatic carbocycles. The maximum absolute atomic E-state index is 13.0. The van der Waals surface area contributed by atoms with E-state index in [9.17, 15) is 4.79 Å². The lowest BCUT2D eigenvalue weighted by atomic mass is 9.96. The smallest absolute Gasteiger partial charge is 0.226 e. The molecular formula is C34H33N5OS. The summed E-state index contributed by atoms with van der Waals surface area (Å²) in [4.78, 5) is 19.9. The minimum atomic E-state index is -0.149. The molecule has 2 aromatic heterocycles. The number of nitrogens with one attached hydrogen (secondary N) is 2. The number of thiocarbonyl (C=S) groups is 1. The zero-order valence-electron chi connectivity index (χ0n) is 23.5. The molecule has 0 spiro atoms. The highest BCUT2D eigenvalue weighted by Crippen LogP contribution is 2.42. The van der Waals surface area contributed by atoms with E-state index < -0.39 is 0 Å². The number of fused-ring (bicyclic) bond motifs is 1. The molecule has 41 heavy (non-hydrogen) atoms. The molecule has 6 nitrogen and oxygen atoms in total. The fraction of sp³-hybridized carbons (Fsp3) is 0.206. The molecule has 3 aromatic carbocycles. The van der Waals surface area contributed by atoms with Crippen molar-refractivity contribution in [3.8, 4) is 5.69 Å². The fourth-order valence-electron chi connectivity index (χ4n) is 5.99. The zero-order valence-corrected chi connectivity index (χ0v) is 24.3. The van der Waals surface area contributed by atoms with Gasteiger partial charge in [0.1, 0.15) is 0 Å². The number of para-hydroxylation sites is 1. The average Bonchev–Trinajstić information content (AvgIpc) is 3.47. The molecule has 1 aliphatic heterocycles. The lowest BCUT2D eigenvalue weighted by molar-refractivity contribution is -0.116. The lowest BCUT2D eigenvalue weighted by Gasteiger charge is -2.28. The van der Waals surface area contributed by atoms with Gasteiger partial charge in [0.25, 0.3) is 0 Å². The van der Waals surface area contributed by atoms with Crippen LogP contribution in [-0.2, 0) is 4.79 Å². The summed E-state index contributed by atoms with van der Waals surface area (Å²) < 4.78 is 2.33. The van der Waals surface area contributed by atoms with Crippen LogP contribution in [0.3, 0.4) is 0 Å². The largest absolute Gasteiger partial charge is 0.352 e. The second-order valence-electron chi connectivity index (χ2n) is 10.6. The molecule has 3 heterocycles. The first kappa shape index (κ1) is 26.7. The van der Waals surface area contributed by atoms with Gasteiger partial charge in [0.05, 0.1) is 23.5 Å². The Labute approximate surface area is 246 Å². The first-order valence-corrected chi connectivity index (χ1v) is 14.3. The van der Waals surface area contributed by atoms with Crippen LogP contribution >= 0.6 is 12.2 Å². The molecule has 1 amide bonds. The predicted molar refractivity (Wildman–Crippen MR) is 169 cm³/mol. The highest BCUT2D eigenvalue weighted by Gasteiger charge is 2.41. The monoisotopic (exact) mass is 559 g/mol. The van der Waals surface area contributed by atoms with E-state index in [2.05, 4.69) is 87.5 Å². The molecule has 206 valence electrons. The summed E-state index contributed by atoms with van der Waals surface area (Å²) in [5.41, 5.74) is 7.39. The van der Waals surface area contributed by atoms with Crippen molar-refractivity contribution < 1.29 is 4.79 Å².